The molecule has 1 aliphatic heterocycles. The minimum Gasteiger partial charge on any atom is -0.497 e. The highest BCUT2D eigenvalue weighted by molar-refractivity contribution is 5.84. The van der Waals surface area contributed by atoms with Gasteiger partial charge in [0.1, 0.15) is 12.3 Å². The number of hydrogen-bond donors (Lipinski definition) is 1. The Morgan fingerprint density at radius 1 is 1.21 bits per heavy atom. The van der Waals surface area contributed by atoms with Gasteiger partial charge in [0.2, 0.25) is 5.91 Å². The Labute approximate surface area is 141 Å². The molecule has 1 heterocycles. The van der Waals surface area contributed by atoms with Crippen LogP contribution in [-0.2, 0) is 14.3 Å². The number of carbonyl (C=O) groups excluding carboxylic acids is 1. The standard InChI is InChI=1S/C17H24N2O5/c1-12-8-19(9-13(2)24-12)16(20)10-18(11-17(21)22)14-4-6-15(23-3)7-5-14/h4-7,12-13H,8-11H2,1-3H3,(H,21,22). The number of carbonyl (C=O) groups is 2. The number of methoxy groups -OCH3 is 1. The summed E-state index contributed by atoms with van der Waals surface area (Å²) in [7, 11) is 1.56. The third-order valence-electron chi connectivity index (χ3n) is 3.86. The van der Waals surface area contributed by atoms with Gasteiger partial charge in [0.15, 0.2) is 0 Å². The van der Waals surface area contributed by atoms with Crippen LogP contribution >= 0.6 is 0 Å². The third-order valence-corrected chi connectivity index (χ3v) is 3.86. The van der Waals surface area contributed by atoms with E-state index in [-0.39, 0.29) is 31.2 Å². The number of hydrogen-bond acceptors (Lipinski definition) is 5. The molecule has 0 saturated carbocycles. The second-order valence-electron chi connectivity index (χ2n) is 6.00. The van der Waals surface area contributed by atoms with Crippen LogP contribution in [0.15, 0.2) is 24.3 Å². The number of aliphatic carboxylic acids is 1. The van der Waals surface area contributed by atoms with E-state index in [2.05, 4.69) is 0 Å². The van der Waals surface area contributed by atoms with Crippen LogP contribution in [0.5, 0.6) is 5.75 Å². The summed E-state index contributed by atoms with van der Waals surface area (Å²) in [4.78, 5) is 27.0. The second-order valence-corrected chi connectivity index (χ2v) is 6.00. The quantitative estimate of drug-likeness (QED) is 0.841. The summed E-state index contributed by atoms with van der Waals surface area (Å²) in [5.41, 5.74) is 0.668. The first-order valence-corrected chi connectivity index (χ1v) is 7.93. The average Bonchev–Trinajstić information content (AvgIpc) is 2.53. The van der Waals surface area contributed by atoms with Gasteiger partial charge in [-0.15, -0.1) is 0 Å². The summed E-state index contributed by atoms with van der Waals surface area (Å²) in [6, 6.07) is 6.99. The van der Waals surface area contributed by atoms with Crippen molar-refractivity contribution in [2.24, 2.45) is 0 Å². The Morgan fingerprint density at radius 2 is 1.79 bits per heavy atom. The lowest BCUT2D eigenvalue weighted by molar-refractivity contribution is -0.141. The predicted octanol–water partition coefficient (Wildman–Crippen LogP) is 1.22. The maximum absolute atomic E-state index is 12.6. The molecule has 24 heavy (non-hydrogen) atoms. The van der Waals surface area contributed by atoms with Gasteiger partial charge in [-0.3, -0.25) is 9.59 Å². The van der Waals surface area contributed by atoms with Gasteiger partial charge in [-0.2, -0.15) is 0 Å². The molecule has 7 nitrogen and oxygen atoms in total. The van der Waals surface area contributed by atoms with Crippen LogP contribution in [0.1, 0.15) is 13.8 Å². The minimum absolute atomic E-state index is 0.0120. The molecule has 1 aromatic carbocycles. The van der Waals surface area contributed by atoms with Crippen LogP contribution in [0.25, 0.3) is 0 Å². The molecule has 0 aromatic heterocycles. The molecule has 1 amide bonds. The van der Waals surface area contributed by atoms with Crippen molar-refractivity contribution in [3.05, 3.63) is 24.3 Å². The van der Waals surface area contributed by atoms with Crippen molar-refractivity contribution in [3.63, 3.8) is 0 Å². The molecule has 1 N–H and O–H groups in total. The first-order chi connectivity index (χ1) is 11.4. The summed E-state index contributed by atoms with van der Waals surface area (Å²) in [5, 5.41) is 9.14. The van der Waals surface area contributed by atoms with Crippen LogP contribution in [0, 0.1) is 0 Å². The van der Waals surface area contributed by atoms with Crippen molar-refractivity contribution in [2.75, 3.05) is 38.2 Å². The molecule has 0 aliphatic carbocycles. The van der Waals surface area contributed by atoms with E-state index in [1.165, 1.54) is 0 Å². The molecular formula is C17H24N2O5. The topological polar surface area (TPSA) is 79.3 Å². The number of carboxylic acid groups (broad SMARTS) is 1. The fourth-order valence-corrected chi connectivity index (χ4v) is 2.84. The average molecular weight is 336 g/mol. The summed E-state index contributed by atoms with van der Waals surface area (Å²) in [6.45, 7) is 4.66. The van der Waals surface area contributed by atoms with Gasteiger partial charge < -0.3 is 24.4 Å². The van der Waals surface area contributed by atoms with E-state index in [4.69, 9.17) is 14.6 Å². The number of nitrogens with zero attached hydrogens (tertiary/aromatic N) is 2. The van der Waals surface area contributed by atoms with Gasteiger partial charge in [0, 0.05) is 18.8 Å². The highest BCUT2D eigenvalue weighted by atomic mass is 16.5. The van der Waals surface area contributed by atoms with E-state index in [9.17, 15) is 9.59 Å². The Bertz CT molecular complexity index is 565. The normalized spacial score (nSPS) is 20.5. The highest BCUT2D eigenvalue weighted by Crippen LogP contribution is 2.20. The molecule has 1 aliphatic rings. The van der Waals surface area contributed by atoms with E-state index >= 15 is 0 Å². The molecule has 1 fully saturated rings. The van der Waals surface area contributed by atoms with Crippen molar-refractivity contribution in [1.82, 2.24) is 4.90 Å². The largest absolute Gasteiger partial charge is 0.497 e. The molecule has 0 spiro atoms. The van der Waals surface area contributed by atoms with Gasteiger partial charge >= 0.3 is 5.97 Å². The van der Waals surface area contributed by atoms with Crippen LogP contribution in [0.4, 0.5) is 5.69 Å². The molecule has 0 bridgehead atoms. The molecule has 2 unspecified atom stereocenters. The SMILES string of the molecule is COc1ccc(N(CC(=O)O)CC(=O)N2CC(C)OC(C)C2)cc1. The Balaban J connectivity index is 2.09. The second kappa shape index (κ2) is 8.01. The first-order valence-electron chi connectivity index (χ1n) is 7.93. The number of ether oxygens (including phenoxy) is 2. The molecular weight excluding hydrogens is 312 g/mol. The van der Waals surface area contributed by atoms with E-state index in [0.29, 0.717) is 24.5 Å². The third kappa shape index (κ3) is 4.86. The zero-order valence-corrected chi connectivity index (χ0v) is 14.3. The number of rotatable bonds is 6. The van der Waals surface area contributed by atoms with Crippen molar-refractivity contribution >= 4 is 17.6 Å². The highest BCUT2D eigenvalue weighted by Gasteiger charge is 2.27. The number of benzene rings is 1. The van der Waals surface area contributed by atoms with Crippen LogP contribution < -0.4 is 9.64 Å². The van der Waals surface area contributed by atoms with Gasteiger partial charge in [-0.1, -0.05) is 0 Å². The monoisotopic (exact) mass is 336 g/mol. The molecule has 2 rings (SSSR count). The summed E-state index contributed by atoms with van der Waals surface area (Å²) < 4.78 is 10.7. The number of anilines is 1. The maximum atomic E-state index is 12.6. The smallest absolute Gasteiger partial charge is 0.323 e. The van der Waals surface area contributed by atoms with Crippen LogP contribution in [0.3, 0.4) is 0 Å². The van der Waals surface area contributed by atoms with Crippen LogP contribution in [-0.4, -0.2) is 67.4 Å². The van der Waals surface area contributed by atoms with Gasteiger partial charge in [0.25, 0.3) is 0 Å². The van der Waals surface area contributed by atoms with Crippen molar-refractivity contribution in [2.45, 2.75) is 26.1 Å². The summed E-state index contributed by atoms with van der Waals surface area (Å²) >= 11 is 0. The molecule has 132 valence electrons. The van der Waals surface area contributed by atoms with E-state index in [1.54, 1.807) is 41.2 Å². The van der Waals surface area contributed by atoms with Crippen LogP contribution in [0.2, 0.25) is 0 Å². The lowest BCUT2D eigenvalue weighted by Gasteiger charge is -2.36. The summed E-state index contributed by atoms with van der Waals surface area (Å²) in [6.07, 6.45) is -0.0433. The van der Waals surface area contributed by atoms with Crippen molar-refractivity contribution in [3.8, 4) is 5.75 Å². The van der Waals surface area contributed by atoms with E-state index in [0.717, 1.165) is 0 Å². The lowest BCUT2D eigenvalue weighted by atomic mass is 10.2. The molecule has 1 saturated heterocycles. The fourth-order valence-electron chi connectivity index (χ4n) is 2.84. The minimum atomic E-state index is -0.984. The molecule has 0 radical (unpaired) electrons. The fraction of sp³-hybridized carbons (Fsp3) is 0.529. The zero-order chi connectivity index (χ0) is 17.7. The number of morpholine rings is 1. The number of carboxylic acids is 1. The van der Waals surface area contributed by atoms with Gasteiger partial charge in [-0.05, 0) is 38.1 Å². The first kappa shape index (κ1) is 18.1. The van der Waals surface area contributed by atoms with E-state index in [1.807, 2.05) is 13.8 Å². The lowest BCUT2D eigenvalue weighted by Crippen LogP contribution is -2.51. The molecule has 2 atom stereocenters. The Morgan fingerprint density at radius 3 is 2.29 bits per heavy atom. The molecule has 1 aromatic rings. The Kier molecular flexibility index (Phi) is 6.03. The maximum Gasteiger partial charge on any atom is 0.323 e. The van der Waals surface area contributed by atoms with Gasteiger partial charge in [0.05, 0.1) is 25.9 Å². The van der Waals surface area contributed by atoms with Crippen molar-refractivity contribution < 1.29 is 24.2 Å². The van der Waals surface area contributed by atoms with Gasteiger partial charge in [-0.25, -0.2) is 0 Å². The predicted molar refractivity (Wildman–Crippen MR) is 89.4 cm³/mol. The van der Waals surface area contributed by atoms with E-state index < -0.39 is 5.97 Å². The number of amides is 1. The molecule has 7 heteroatoms. The zero-order valence-electron chi connectivity index (χ0n) is 14.3. The Hall–Kier alpha value is -2.28. The van der Waals surface area contributed by atoms with Crippen molar-refractivity contribution in [1.29, 1.82) is 0 Å². The summed E-state index contributed by atoms with van der Waals surface area (Å²) in [5.74, 6) is -0.410.